The van der Waals surface area contributed by atoms with Crippen LogP contribution in [-0.2, 0) is 9.84 Å². The molecule has 1 rings (SSSR count). The summed E-state index contributed by atoms with van der Waals surface area (Å²) in [7, 11) is -3.41. The van der Waals surface area contributed by atoms with Gasteiger partial charge in [-0.1, -0.05) is 45.8 Å². The maximum Gasteiger partial charge on any atom is 0.206 e. The summed E-state index contributed by atoms with van der Waals surface area (Å²) in [5.41, 5.74) is 1.63. The Balaban J connectivity index is 3.12. The minimum atomic E-state index is -3.41. The fraction of sp³-hybridized carbons (Fsp3) is 0.400. The van der Waals surface area contributed by atoms with E-state index >= 15 is 0 Å². The second-order valence-electron chi connectivity index (χ2n) is 3.65. The fourth-order valence-electron chi connectivity index (χ4n) is 1.15. The maximum atomic E-state index is 11.5. The predicted octanol–water partition coefficient (Wildman–Crippen LogP) is 2.56. The normalized spacial score (nSPS) is 17.8. The first-order valence-electron chi connectivity index (χ1n) is 4.48. The number of aryl methyl sites for hydroxylation is 1. The molecule has 1 aromatic rings. The molecular weight excluding hydrogens is 407 g/mol. The molecule has 1 aromatic carbocycles. The van der Waals surface area contributed by atoms with Crippen LogP contribution in [0.5, 0.6) is 0 Å². The summed E-state index contributed by atoms with van der Waals surface area (Å²) in [6, 6.07) is 7.11. The van der Waals surface area contributed by atoms with E-state index < -0.39 is 17.6 Å². The minimum Gasteiger partial charge on any atom is -0.385 e. The summed E-state index contributed by atoms with van der Waals surface area (Å²) >= 11 is 4.77. The summed E-state index contributed by atoms with van der Waals surface area (Å²) in [6.07, 6.45) is -0.0188. The molecule has 6 heteroatoms. The third-order valence-corrected chi connectivity index (χ3v) is 8.61. The van der Waals surface area contributed by atoms with E-state index in [1.54, 1.807) is 34.7 Å². The number of alkyl halides is 2. The second kappa shape index (κ2) is 4.91. The van der Waals surface area contributed by atoms with Gasteiger partial charge in [0.1, 0.15) is 6.10 Å². The standard InChI is InChI=1S/C10H12BrIO3S/c1-7-3-5-8(6-4-7)9(13)10(11,12)16(2,14)15/h3-6,9,13H,1-2H3. The molecule has 0 fully saturated rings. The number of sulfone groups is 1. The molecule has 0 saturated carbocycles. The first-order valence-corrected chi connectivity index (χ1v) is 8.24. The Bertz CT molecular complexity index is 467. The van der Waals surface area contributed by atoms with Gasteiger partial charge in [0, 0.05) is 6.26 Å². The molecular formula is C10H12BrIO3S. The van der Waals surface area contributed by atoms with E-state index in [4.69, 9.17) is 0 Å². The second-order valence-corrected chi connectivity index (χ2v) is 11.5. The highest BCUT2D eigenvalue weighted by atomic mass is 127. The van der Waals surface area contributed by atoms with Crippen LogP contribution in [0.15, 0.2) is 24.3 Å². The van der Waals surface area contributed by atoms with Crippen molar-refractivity contribution in [3.63, 3.8) is 0 Å². The Kier molecular flexibility index (Phi) is 4.42. The molecule has 0 heterocycles. The Hall–Kier alpha value is 0.340. The number of rotatable bonds is 3. The van der Waals surface area contributed by atoms with Gasteiger partial charge in [0.25, 0.3) is 0 Å². The van der Waals surface area contributed by atoms with Crippen molar-refractivity contribution >= 4 is 48.4 Å². The van der Waals surface area contributed by atoms with Crippen molar-refractivity contribution < 1.29 is 13.5 Å². The largest absolute Gasteiger partial charge is 0.385 e. The van der Waals surface area contributed by atoms with E-state index in [1.165, 1.54) is 0 Å². The van der Waals surface area contributed by atoms with Gasteiger partial charge < -0.3 is 5.11 Å². The molecule has 0 bridgehead atoms. The molecule has 1 N–H and O–H groups in total. The Labute approximate surface area is 117 Å². The molecule has 2 atom stereocenters. The summed E-state index contributed by atoms with van der Waals surface area (Å²) in [6.45, 7) is 1.93. The molecule has 0 radical (unpaired) electrons. The lowest BCUT2D eigenvalue weighted by molar-refractivity contribution is 0.191. The van der Waals surface area contributed by atoms with Crippen LogP contribution in [-0.4, -0.2) is 21.4 Å². The molecule has 0 aliphatic rings. The zero-order valence-corrected chi connectivity index (χ0v) is 13.4. The topological polar surface area (TPSA) is 54.4 Å². The molecule has 0 aromatic heterocycles. The average Bonchev–Trinajstić information content (AvgIpc) is 2.16. The minimum absolute atomic E-state index is 0.572. The van der Waals surface area contributed by atoms with Gasteiger partial charge in [-0.3, -0.25) is 0 Å². The van der Waals surface area contributed by atoms with Crippen molar-refractivity contribution in [1.29, 1.82) is 0 Å². The number of benzene rings is 1. The SMILES string of the molecule is Cc1ccc(C(O)C(Br)(I)S(C)(=O)=O)cc1. The lowest BCUT2D eigenvalue weighted by atomic mass is 10.1. The molecule has 0 aliphatic carbocycles. The zero-order valence-electron chi connectivity index (χ0n) is 8.81. The van der Waals surface area contributed by atoms with Crippen molar-refractivity contribution in [2.75, 3.05) is 6.26 Å². The van der Waals surface area contributed by atoms with Crippen molar-refractivity contribution in [2.45, 2.75) is 14.7 Å². The highest BCUT2D eigenvalue weighted by Crippen LogP contribution is 2.44. The van der Waals surface area contributed by atoms with Gasteiger partial charge in [0.15, 0.2) is 9.84 Å². The molecule has 90 valence electrons. The third kappa shape index (κ3) is 2.96. The van der Waals surface area contributed by atoms with Crippen LogP contribution in [0.3, 0.4) is 0 Å². The highest BCUT2D eigenvalue weighted by molar-refractivity contribution is 14.1. The van der Waals surface area contributed by atoms with E-state index in [0.29, 0.717) is 5.56 Å². The summed E-state index contributed by atoms with van der Waals surface area (Å²) in [5, 5.41) is 10.0. The van der Waals surface area contributed by atoms with E-state index in [-0.39, 0.29) is 0 Å². The monoisotopic (exact) mass is 418 g/mol. The molecule has 3 nitrogen and oxygen atoms in total. The Morgan fingerprint density at radius 2 is 1.81 bits per heavy atom. The number of aliphatic hydroxyl groups is 1. The third-order valence-electron chi connectivity index (χ3n) is 2.21. The van der Waals surface area contributed by atoms with Crippen molar-refractivity contribution in [2.24, 2.45) is 0 Å². The van der Waals surface area contributed by atoms with Crippen LogP contribution < -0.4 is 0 Å². The lowest BCUT2D eigenvalue weighted by Gasteiger charge is -2.25. The van der Waals surface area contributed by atoms with Crippen LogP contribution >= 0.6 is 38.5 Å². The summed E-state index contributed by atoms with van der Waals surface area (Å²) in [5.74, 6) is 0. The fourth-order valence-corrected chi connectivity index (χ4v) is 2.31. The van der Waals surface area contributed by atoms with Crippen LogP contribution in [0.2, 0.25) is 0 Å². The van der Waals surface area contributed by atoms with Gasteiger partial charge in [-0.15, -0.1) is 0 Å². The number of hydrogen-bond donors (Lipinski definition) is 1. The van der Waals surface area contributed by atoms with Crippen LogP contribution in [0.4, 0.5) is 0 Å². The maximum absolute atomic E-state index is 11.5. The van der Waals surface area contributed by atoms with Gasteiger partial charge in [-0.25, -0.2) is 8.42 Å². The van der Waals surface area contributed by atoms with E-state index in [1.807, 2.05) is 19.1 Å². The predicted molar refractivity (Wildman–Crippen MR) is 76.7 cm³/mol. The van der Waals surface area contributed by atoms with Gasteiger partial charge >= 0.3 is 0 Å². The van der Waals surface area contributed by atoms with Gasteiger partial charge in [-0.2, -0.15) is 0 Å². The van der Waals surface area contributed by atoms with Crippen molar-refractivity contribution in [3.8, 4) is 0 Å². The number of hydrogen-bond acceptors (Lipinski definition) is 3. The van der Waals surface area contributed by atoms with Gasteiger partial charge in [0.05, 0.1) is 0 Å². The lowest BCUT2D eigenvalue weighted by Crippen LogP contribution is -2.31. The van der Waals surface area contributed by atoms with Crippen LogP contribution in [0, 0.1) is 6.92 Å². The molecule has 0 spiro atoms. The molecule has 16 heavy (non-hydrogen) atoms. The van der Waals surface area contributed by atoms with Crippen molar-refractivity contribution in [1.82, 2.24) is 0 Å². The summed E-state index contributed by atoms with van der Waals surface area (Å²) < 4.78 is 21.6. The first-order chi connectivity index (χ1) is 7.16. The number of halogens is 2. The molecule has 0 amide bonds. The zero-order chi connectivity index (χ0) is 12.6. The van der Waals surface area contributed by atoms with Crippen molar-refractivity contribution in [3.05, 3.63) is 35.4 Å². The molecule has 0 saturated heterocycles. The number of aliphatic hydroxyl groups excluding tert-OH is 1. The van der Waals surface area contributed by atoms with E-state index in [9.17, 15) is 13.5 Å². The average molecular weight is 419 g/mol. The smallest absolute Gasteiger partial charge is 0.206 e. The summed E-state index contributed by atoms with van der Waals surface area (Å²) in [4.78, 5) is 0. The molecule has 2 unspecified atom stereocenters. The van der Waals surface area contributed by atoms with Gasteiger partial charge in [0.2, 0.25) is 1.66 Å². The Morgan fingerprint density at radius 1 is 1.38 bits per heavy atom. The van der Waals surface area contributed by atoms with Crippen LogP contribution in [0.1, 0.15) is 17.2 Å². The van der Waals surface area contributed by atoms with Gasteiger partial charge in [-0.05, 0) is 35.1 Å². The first kappa shape index (κ1) is 14.4. The van der Waals surface area contributed by atoms with E-state index in [2.05, 4.69) is 15.9 Å². The highest BCUT2D eigenvalue weighted by Gasteiger charge is 2.43. The Morgan fingerprint density at radius 3 is 2.19 bits per heavy atom. The molecule has 0 aliphatic heterocycles. The quantitative estimate of drug-likeness (QED) is 0.606. The van der Waals surface area contributed by atoms with Crippen LogP contribution in [0.25, 0.3) is 0 Å². The van der Waals surface area contributed by atoms with E-state index in [0.717, 1.165) is 11.8 Å².